The van der Waals surface area contributed by atoms with Gasteiger partial charge in [0.15, 0.2) is 0 Å². The zero-order valence-electron chi connectivity index (χ0n) is 12.4. The molecule has 0 aromatic carbocycles. The lowest BCUT2D eigenvalue weighted by molar-refractivity contribution is 0.215. The van der Waals surface area contributed by atoms with Crippen molar-refractivity contribution in [3.05, 3.63) is 0 Å². The fourth-order valence-electron chi connectivity index (χ4n) is 2.15. The van der Waals surface area contributed by atoms with E-state index in [1.54, 1.807) is 0 Å². The zero-order valence-corrected chi connectivity index (χ0v) is 12.4. The van der Waals surface area contributed by atoms with Crippen LogP contribution in [0, 0.1) is 11.3 Å². The zero-order chi connectivity index (χ0) is 12.8. The van der Waals surface area contributed by atoms with Gasteiger partial charge >= 0.3 is 0 Å². The van der Waals surface area contributed by atoms with E-state index in [4.69, 9.17) is 0 Å². The normalized spacial score (nSPS) is 14.8. The van der Waals surface area contributed by atoms with Crippen LogP contribution in [0.5, 0.6) is 0 Å². The molecular formula is C14H32N2. The quantitative estimate of drug-likeness (QED) is 0.720. The van der Waals surface area contributed by atoms with E-state index < -0.39 is 0 Å². The molecule has 1 unspecified atom stereocenters. The van der Waals surface area contributed by atoms with Gasteiger partial charge in [-0.1, -0.05) is 41.5 Å². The Morgan fingerprint density at radius 2 is 1.75 bits per heavy atom. The molecule has 0 amide bonds. The monoisotopic (exact) mass is 228 g/mol. The third kappa shape index (κ3) is 7.24. The van der Waals surface area contributed by atoms with Gasteiger partial charge in [0.25, 0.3) is 0 Å². The lowest BCUT2D eigenvalue weighted by Crippen LogP contribution is -2.42. The number of nitrogens with zero attached hydrogens (tertiary/aromatic N) is 1. The molecule has 2 heteroatoms. The van der Waals surface area contributed by atoms with Crippen molar-refractivity contribution in [1.82, 2.24) is 10.2 Å². The molecule has 0 aliphatic rings. The van der Waals surface area contributed by atoms with Gasteiger partial charge < -0.3 is 10.2 Å². The largest absolute Gasteiger partial charge is 0.314 e. The highest BCUT2D eigenvalue weighted by Gasteiger charge is 2.23. The molecule has 0 aromatic heterocycles. The van der Waals surface area contributed by atoms with Crippen LogP contribution in [0.25, 0.3) is 0 Å². The molecule has 0 saturated heterocycles. The van der Waals surface area contributed by atoms with Crippen LogP contribution in [0.4, 0.5) is 0 Å². The molecule has 0 bridgehead atoms. The maximum Gasteiger partial charge on any atom is 0.0128 e. The summed E-state index contributed by atoms with van der Waals surface area (Å²) in [5.41, 5.74) is 0.356. The second kappa shape index (κ2) is 7.29. The van der Waals surface area contributed by atoms with Gasteiger partial charge in [0.1, 0.15) is 0 Å². The molecule has 0 saturated carbocycles. The molecule has 16 heavy (non-hydrogen) atoms. The molecule has 1 N–H and O–H groups in total. The summed E-state index contributed by atoms with van der Waals surface area (Å²) in [7, 11) is 2.23. The van der Waals surface area contributed by atoms with Crippen LogP contribution in [-0.2, 0) is 0 Å². The van der Waals surface area contributed by atoms with Crippen LogP contribution in [0.2, 0.25) is 0 Å². The van der Waals surface area contributed by atoms with Crippen molar-refractivity contribution in [1.29, 1.82) is 0 Å². The minimum atomic E-state index is 0.356. The number of hydrogen-bond donors (Lipinski definition) is 1. The highest BCUT2D eigenvalue weighted by molar-refractivity contribution is 4.80. The molecular weight excluding hydrogens is 196 g/mol. The lowest BCUT2D eigenvalue weighted by atomic mass is 9.84. The van der Waals surface area contributed by atoms with Gasteiger partial charge in [-0.25, -0.2) is 0 Å². The summed E-state index contributed by atoms with van der Waals surface area (Å²) in [6.07, 6.45) is 1.24. The summed E-state index contributed by atoms with van der Waals surface area (Å²) in [5, 5.41) is 3.60. The van der Waals surface area contributed by atoms with Crippen LogP contribution in [0.3, 0.4) is 0 Å². The van der Waals surface area contributed by atoms with Gasteiger partial charge in [-0.2, -0.15) is 0 Å². The minimum Gasteiger partial charge on any atom is -0.314 e. The van der Waals surface area contributed by atoms with E-state index in [0.717, 1.165) is 12.5 Å². The maximum absolute atomic E-state index is 3.60. The minimum absolute atomic E-state index is 0.356. The molecule has 98 valence electrons. The fourth-order valence-corrected chi connectivity index (χ4v) is 2.15. The average Bonchev–Trinajstić information content (AvgIpc) is 2.08. The Labute approximate surface area is 103 Å². The summed E-state index contributed by atoms with van der Waals surface area (Å²) >= 11 is 0. The molecule has 2 nitrogen and oxygen atoms in total. The first kappa shape index (κ1) is 15.9. The Hall–Kier alpha value is -0.0800. The third-order valence-electron chi connectivity index (χ3n) is 2.97. The SMILES string of the molecule is CCNC(CCN(C)CC(C)C)C(C)(C)C. The first-order valence-corrected chi connectivity index (χ1v) is 6.69. The highest BCUT2D eigenvalue weighted by atomic mass is 15.1. The Morgan fingerprint density at radius 1 is 1.19 bits per heavy atom. The van der Waals surface area contributed by atoms with Crippen molar-refractivity contribution in [2.24, 2.45) is 11.3 Å². The van der Waals surface area contributed by atoms with E-state index in [2.05, 4.69) is 58.8 Å². The molecule has 1 atom stereocenters. The van der Waals surface area contributed by atoms with Crippen LogP contribution >= 0.6 is 0 Å². The number of rotatable bonds is 7. The van der Waals surface area contributed by atoms with E-state index in [1.807, 2.05) is 0 Å². The Bertz CT molecular complexity index is 170. The topological polar surface area (TPSA) is 15.3 Å². The van der Waals surface area contributed by atoms with Crippen molar-refractivity contribution in [3.8, 4) is 0 Å². The van der Waals surface area contributed by atoms with E-state index >= 15 is 0 Å². The Balaban J connectivity index is 4.02. The van der Waals surface area contributed by atoms with E-state index in [1.165, 1.54) is 19.5 Å². The smallest absolute Gasteiger partial charge is 0.0128 e. The second-order valence-corrected chi connectivity index (χ2v) is 6.42. The van der Waals surface area contributed by atoms with Gasteiger partial charge in [0.05, 0.1) is 0 Å². The van der Waals surface area contributed by atoms with Crippen molar-refractivity contribution in [2.45, 2.75) is 54.0 Å². The average molecular weight is 228 g/mol. The maximum atomic E-state index is 3.60. The van der Waals surface area contributed by atoms with Crippen LogP contribution in [0.1, 0.15) is 48.0 Å². The molecule has 0 rings (SSSR count). The highest BCUT2D eigenvalue weighted by Crippen LogP contribution is 2.21. The number of nitrogens with one attached hydrogen (secondary N) is 1. The molecule has 0 aliphatic heterocycles. The van der Waals surface area contributed by atoms with Crippen molar-refractivity contribution < 1.29 is 0 Å². The lowest BCUT2D eigenvalue weighted by Gasteiger charge is -2.33. The molecule has 0 fully saturated rings. The number of hydrogen-bond acceptors (Lipinski definition) is 2. The molecule has 0 aliphatic carbocycles. The van der Waals surface area contributed by atoms with Crippen LogP contribution in [0.15, 0.2) is 0 Å². The van der Waals surface area contributed by atoms with Crippen LogP contribution < -0.4 is 5.32 Å². The van der Waals surface area contributed by atoms with Crippen molar-refractivity contribution >= 4 is 0 Å². The van der Waals surface area contributed by atoms with E-state index in [-0.39, 0.29) is 0 Å². The first-order valence-electron chi connectivity index (χ1n) is 6.69. The van der Waals surface area contributed by atoms with Gasteiger partial charge in [0.2, 0.25) is 0 Å². The predicted molar refractivity (Wildman–Crippen MR) is 73.9 cm³/mol. The summed E-state index contributed by atoms with van der Waals surface area (Å²) in [6, 6.07) is 0.618. The molecule has 0 spiro atoms. The van der Waals surface area contributed by atoms with Gasteiger partial charge in [-0.15, -0.1) is 0 Å². The first-order chi connectivity index (χ1) is 7.27. The van der Waals surface area contributed by atoms with Crippen LogP contribution in [-0.4, -0.2) is 37.6 Å². The molecule has 0 heterocycles. The molecule has 0 aromatic rings. The standard InChI is InChI=1S/C14H32N2/c1-8-15-13(14(4,5)6)9-10-16(7)11-12(2)3/h12-13,15H,8-11H2,1-7H3. The Kier molecular flexibility index (Phi) is 7.25. The van der Waals surface area contributed by atoms with Gasteiger partial charge in [0, 0.05) is 12.6 Å². The van der Waals surface area contributed by atoms with Crippen molar-refractivity contribution in [2.75, 3.05) is 26.7 Å². The van der Waals surface area contributed by atoms with Gasteiger partial charge in [-0.05, 0) is 37.9 Å². The van der Waals surface area contributed by atoms with E-state index in [0.29, 0.717) is 11.5 Å². The summed E-state index contributed by atoms with van der Waals surface area (Å²) in [5.74, 6) is 0.761. The summed E-state index contributed by atoms with van der Waals surface area (Å²) in [6.45, 7) is 17.2. The van der Waals surface area contributed by atoms with Gasteiger partial charge in [-0.3, -0.25) is 0 Å². The fraction of sp³-hybridized carbons (Fsp3) is 1.00. The summed E-state index contributed by atoms with van der Waals surface area (Å²) < 4.78 is 0. The summed E-state index contributed by atoms with van der Waals surface area (Å²) in [4.78, 5) is 2.45. The third-order valence-corrected chi connectivity index (χ3v) is 2.97. The Morgan fingerprint density at radius 3 is 2.12 bits per heavy atom. The predicted octanol–water partition coefficient (Wildman–Crippen LogP) is 2.99. The van der Waals surface area contributed by atoms with Crippen molar-refractivity contribution in [3.63, 3.8) is 0 Å². The molecule has 0 radical (unpaired) electrons. The second-order valence-electron chi connectivity index (χ2n) is 6.42. The van der Waals surface area contributed by atoms with E-state index in [9.17, 15) is 0 Å².